The van der Waals surface area contributed by atoms with Gasteiger partial charge < -0.3 is 10.6 Å². The third-order valence-corrected chi connectivity index (χ3v) is 4.33. The molecule has 4 nitrogen and oxygen atoms in total. The predicted octanol–water partition coefficient (Wildman–Crippen LogP) is 4.28. The van der Waals surface area contributed by atoms with Crippen molar-refractivity contribution >= 4 is 40.8 Å². The summed E-state index contributed by atoms with van der Waals surface area (Å²) in [6, 6.07) is 18.8. The maximum atomic E-state index is 4.50. The number of para-hydroxylation sites is 1. The Morgan fingerprint density at radius 1 is 0.885 bits per heavy atom. The SMILES string of the molecule is CCc1ccccc1CNC(=NC)NCc1cccc2cccnc12.I. The minimum absolute atomic E-state index is 0. The Bertz CT molecular complexity index is 871. The Morgan fingerprint density at radius 2 is 1.54 bits per heavy atom. The Kier molecular flexibility index (Phi) is 7.84. The van der Waals surface area contributed by atoms with Crippen LogP contribution in [0.3, 0.4) is 0 Å². The maximum Gasteiger partial charge on any atom is 0.191 e. The largest absolute Gasteiger partial charge is 0.352 e. The molecule has 2 N–H and O–H groups in total. The summed E-state index contributed by atoms with van der Waals surface area (Å²) in [4.78, 5) is 8.83. The average Bonchev–Trinajstić information content (AvgIpc) is 2.68. The minimum Gasteiger partial charge on any atom is -0.352 e. The van der Waals surface area contributed by atoms with Crippen LogP contribution >= 0.6 is 24.0 Å². The van der Waals surface area contributed by atoms with Crippen LogP contribution in [-0.4, -0.2) is 18.0 Å². The summed E-state index contributed by atoms with van der Waals surface area (Å²) in [6.07, 6.45) is 2.87. The molecular weight excluding hydrogens is 435 g/mol. The van der Waals surface area contributed by atoms with Crippen molar-refractivity contribution in [2.24, 2.45) is 4.99 Å². The van der Waals surface area contributed by atoms with Gasteiger partial charge in [-0.05, 0) is 29.2 Å². The number of guanidine groups is 1. The number of fused-ring (bicyclic) bond motifs is 1. The van der Waals surface area contributed by atoms with E-state index in [9.17, 15) is 0 Å². The number of hydrogen-bond donors (Lipinski definition) is 2. The van der Waals surface area contributed by atoms with Gasteiger partial charge in [0.05, 0.1) is 5.52 Å². The molecule has 0 saturated heterocycles. The molecule has 0 spiro atoms. The number of pyridine rings is 1. The third-order valence-electron chi connectivity index (χ3n) is 4.33. The minimum atomic E-state index is 0. The topological polar surface area (TPSA) is 49.3 Å². The fraction of sp³-hybridized carbons (Fsp3) is 0.238. The molecule has 136 valence electrons. The monoisotopic (exact) mass is 460 g/mol. The van der Waals surface area contributed by atoms with Crippen LogP contribution in [-0.2, 0) is 19.5 Å². The first-order chi connectivity index (χ1) is 12.3. The number of nitrogens with zero attached hydrogens (tertiary/aromatic N) is 2. The number of hydrogen-bond acceptors (Lipinski definition) is 2. The lowest BCUT2D eigenvalue weighted by molar-refractivity contribution is 0.804. The summed E-state index contributed by atoms with van der Waals surface area (Å²) in [5, 5.41) is 7.94. The van der Waals surface area contributed by atoms with Gasteiger partial charge in [-0.3, -0.25) is 9.98 Å². The first kappa shape index (κ1) is 20.2. The van der Waals surface area contributed by atoms with E-state index in [2.05, 4.69) is 76.1 Å². The average molecular weight is 460 g/mol. The summed E-state index contributed by atoms with van der Waals surface area (Å²) in [7, 11) is 1.79. The molecule has 0 amide bonds. The van der Waals surface area contributed by atoms with Crippen LogP contribution in [0.25, 0.3) is 10.9 Å². The van der Waals surface area contributed by atoms with Crippen molar-refractivity contribution in [2.75, 3.05) is 7.05 Å². The van der Waals surface area contributed by atoms with Gasteiger partial charge in [-0.15, -0.1) is 24.0 Å². The van der Waals surface area contributed by atoms with Crippen LogP contribution in [0.2, 0.25) is 0 Å². The van der Waals surface area contributed by atoms with Crippen molar-refractivity contribution in [1.29, 1.82) is 0 Å². The normalized spacial score (nSPS) is 11.1. The van der Waals surface area contributed by atoms with Crippen LogP contribution in [0.15, 0.2) is 65.8 Å². The van der Waals surface area contributed by atoms with Gasteiger partial charge in [-0.25, -0.2) is 0 Å². The van der Waals surface area contributed by atoms with E-state index in [-0.39, 0.29) is 24.0 Å². The molecule has 0 bridgehead atoms. The van der Waals surface area contributed by atoms with E-state index in [4.69, 9.17) is 0 Å². The molecule has 0 aliphatic rings. The van der Waals surface area contributed by atoms with Crippen molar-refractivity contribution in [1.82, 2.24) is 15.6 Å². The molecule has 0 atom stereocenters. The van der Waals surface area contributed by atoms with Crippen molar-refractivity contribution in [2.45, 2.75) is 26.4 Å². The van der Waals surface area contributed by atoms with Gasteiger partial charge in [-0.1, -0.05) is 55.5 Å². The standard InChI is InChI=1S/C21H24N4.HI/c1-3-16-8-4-5-9-18(16)14-24-21(22-2)25-15-19-11-6-10-17-12-7-13-23-20(17)19;/h4-13H,3,14-15H2,1-2H3,(H2,22,24,25);1H. The van der Waals surface area contributed by atoms with Gasteiger partial charge in [0.1, 0.15) is 0 Å². The highest BCUT2D eigenvalue weighted by Gasteiger charge is 2.05. The van der Waals surface area contributed by atoms with E-state index in [1.165, 1.54) is 11.1 Å². The van der Waals surface area contributed by atoms with Gasteiger partial charge in [0.25, 0.3) is 0 Å². The number of aromatic nitrogens is 1. The molecule has 0 fully saturated rings. The molecule has 2 aromatic carbocycles. The van der Waals surface area contributed by atoms with E-state index in [1.807, 2.05) is 12.3 Å². The lowest BCUT2D eigenvalue weighted by Gasteiger charge is -2.14. The van der Waals surface area contributed by atoms with Gasteiger partial charge in [-0.2, -0.15) is 0 Å². The van der Waals surface area contributed by atoms with Gasteiger partial charge >= 0.3 is 0 Å². The van der Waals surface area contributed by atoms with E-state index >= 15 is 0 Å². The molecule has 0 radical (unpaired) electrons. The maximum absolute atomic E-state index is 4.50. The number of halogens is 1. The van der Waals surface area contributed by atoms with E-state index in [1.54, 1.807) is 7.05 Å². The molecule has 1 aromatic heterocycles. The second-order valence-corrected chi connectivity index (χ2v) is 5.89. The smallest absolute Gasteiger partial charge is 0.191 e. The number of benzene rings is 2. The van der Waals surface area contributed by atoms with Gasteiger partial charge in [0, 0.05) is 31.7 Å². The molecule has 0 saturated carbocycles. The van der Waals surface area contributed by atoms with E-state index < -0.39 is 0 Å². The lowest BCUT2D eigenvalue weighted by atomic mass is 10.1. The zero-order valence-electron chi connectivity index (χ0n) is 15.2. The lowest BCUT2D eigenvalue weighted by Crippen LogP contribution is -2.36. The first-order valence-corrected chi connectivity index (χ1v) is 8.65. The van der Waals surface area contributed by atoms with Crippen LogP contribution in [0.5, 0.6) is 0 Å². The van der Waals surface area contributed by atoms with Crippen LogP contribution < -0.4 is 10.6 Å². The van der Waals surface area contributed by atoms with Gasteiger partial charge in [0.15, 0.2) is 5.96 Å². The highest BCUT2D eigenvalue weighted by Crippen LogP contribution is 2.15. The Balaban J connectivity index is 0.00000243. The summed E-state index contributed by atoms with van der Waals surface area (Å²) in [5.74, 6) is 0.791. The molecule has 1 heterocycles. The second-order valence-electron chi connectivity index (χ2n) is 5.89. The summed E-state index contributed by atoms with van der Waals surface area (Å²) in [5.41, 5.74) is 4.86. The quantitative estimate of drug-likeness (QED) is 0.340. The Labute approximate surface area is 172 Å². The third kappa shape index (κ3) is 4.94. The number of aryl methyl sites for hydroxylation is 1. The number of aliphatic imine (C=N–C) groups is 1. The summed E-state index contributed by atoms with van der Waals surface area (Å²) >= 11 is 0. The molecular formula is C21H25IN4. The van der Waals surface area contributed by atoms with Crippen molar-refractivity contribution in [3.63, 3.8) is 0 Å². The van der Waals surface area contributed by atoms with Crippen LogP contribution in [0, 0.1) is 0 Å². The zero-order valence-corrected chi connectivity index (χ0v) is 17.5. The highest BCUT2D eigenvalue weighted by atomic mass is 127. The Hall–Kier alpha value is -2.15. The predicted molar refractivity (Wildman–Crippen MR) is 120 cm³/mol. The summed E-state index contributed by atoms with van der Waals surface area (Å²) < 4.78 is 0. The van der Waals surface area contributed by atoms with Crippen LogP contribution in [0.1, 0.15) is 23.6 Å². The highest BCUT2D eigenvalue weighted by molar-refractivity contribution is 14.0. The number of rotatable bonds is 5. The molecule has 0 aliphatic carbocycles. The molecule has 3 rings (SSSR count). The molecule has 26 heavy (non-hydrogen) atoms. The first-order valence-electron chi connectivity index (χ1n) is 8.65. The number of nitrogens with one attached hydrogen (secondary N) is 2. The fourth-order valence-corrected chi connectivity index (χ4v) is 2.96. The molecule has 0 unspecified atom stereocenters. The Morgan fingerprint density at radius 3 is 2.27 bits per heavy atom. The van der Waals surface area contributed by atoms with E-state index in [0.717, 1.165) is 35.4 Å². The molecule has 5 heteroatoms. The van der Waals surface area contributed by atoms with Crippen LogP contribution in [0.4, 0.5) is 0 Å². The van der Waals surface area contributed by atoms with Crippen molar-refractivity contribution in [3.05, 3.63) is 77.5 Å². The van der Waals surface area contributed by atoms with Crippen molar-refractivity contribution < 1.29 is 0 Å². The molecule has 3 aromatic rings. The zero-order chi connectivity index (χ0) is 17.5. The second kappa shape index (κ2) is 10.1. The van der Waals surface area contributed by atoms with Crippen molar-refractivity contribution in [3.8, 4) is 0 Å². The van der Waals surface area contributed by atoms with Gasteiger partial charge in [0.2, 0.25) is 0 Å². The molecule has 0 aliphatic heterocycles. The van der Waals surface area contributed by atoms with E-state index in [0.29, 0.717) is 6.54 Å². The fourth-order valence-electron chi connectivity index (χ4n) is 2.96. The summed E-state index contributed by atoms with van der Waals surface area (Å²) in [6.45, 7) is 3.63.